The molecule has 1 rings (SSSR count). The molecule has 0 saturated heterocycles. The summed E-state index contributed by atoms with van der Waals surface area (Å²) in [6.45, 7) is 10.6. The zero-order chi connectivity index (χ0) is 11.1. The van der Waals surface area contributed by atoms with Crippen LogP contribution >= 0.6 is 12.6 Å². The molecule has 0 unspecified atom stereocenters. The van der Waals surface area contributed by atoms with Gasteiger partial charge >= 0.3 is 0 Å². The monoisotopic (exact) mass is 210 g/mol. The summed E-state index contributed by atoms with van der Waals surface area (Å²) in [5.41, 5.74) is 2.76. The van der Waals surface area contributed by atoms with Crippen LogP contribution < -0.4 is 0 Å². The normalized spacial score (nSPS) is 9.64. The van der Waals surface area contributed by atoms with Gasteiger partial charge in [0.25, 0.3) is 0 Å². The van der Waals surface area contributed by atoms with Crippen molar-refractivity contribution in [2.45, 2.75) is 51.9 Å². The molecule has 0 spiro atoms. The molecule has 14 heavy (non-hydrogen) atoms. The third kappa shape index (κ3) is 3.75. The molecule has 1 aromatic carbocycles. The Balaban J connectivity index is 0.000000791. The molecule has 0 heterocycles. The van der Waals surface area contributed by atoms with E-state index in [9.17, 15) is 0 Å². The van der Waals surface area contributed by atoms with Gasteiger partial charge in [-0.3, -0.25) is 0 Å². The van der Waals surface area contributed by atoms with Crippen LogP contribution in [0.1, 0.15) is 51.7 Å². The van der Waals surface area contributed by atoms with Gasteiger partial charge < -0.3 is 0 Å². The fourth-order valence-corrected chi connectivity index (χ4v) is 1.68. The Bertz CT molecular complexity index is 264. The Morgan fingerprint density at radius 1 is 1.21 bits per heavy atom. The maximum Gasteiger partial charge on any atom is 0.00748 e. The molecule has 1 aromatic rings. The molecule has 0 fully saturated rings. The minimum absolute atomic E-state index is 0.573. The minimum Gasteiger partial charge on any atom is -0.143 e. The Morgan fingerprint density at radius 3 is 2.21 bits per heavy atom. The van der Waals surface area contributed by atoms with Gasteiger partial charge in [0.05, 0.1) is 0 Å². The third-order valence-corrected chi connectivity index (χ3v) is 2.53. The maximum atomic E-state index is 4.42. The van der Waals surface area contributed by atoms with Crippen molar-refractivity contribution in [1.29, 1.82) is 0 Å². The lowest BCUT2D eigenvalue weighted by Gasteiger charge is -2.10. The van der Waals surface area contributed by atoms with Crippen molar-refractivity contribution in [2.75, 3.05) is 0 Å². The summed E-state index contributed by atoms with van der Waals surface area (Å²) in [6, 6.07) is 6.50. The van der Waals surface area contributed by atoms with E-state index in [1.165, 1.54) is 11.1 Å². The molecular formula is C13H22S. The first kappa shape index (κ1) is 13.6. The number of hydrogen-bond donors (Lipinski definition) is 1. The third-order valence-electron chi connectivity index (χ3n) is 2.12. The quantitative estimate of drug-likeness (QED) is 0.673. The summed E-state index contributed by atoms with van der Waals surface area (Å²) in [6.07, 6.45) is 1.10. The molecule has 0 amide bonds. The number of thiol groups is 1. The first-order valence-corrected chi connectivity index (χ1v) is 5.91. The van der Waals surface area contributed by atoms with Gasteiger partial charge in [0, 0.05) is 4.90 Å². The highest BCUT2D eigenvalue weighted by atomic mass is 32.1. The van der Waals surface area contributed by atoms with Crippen molar-refractivity contribution in [1.82, 2.24) is 0 Å². The second-order valence-electron chi connectivity index (χ2n) is 3.40. The van der Waals surface area contributed by atoms with Gasteiger partial charge in [0.2, 0.25) is 0 Å². The summed E-state index contributed by atoms with van der Waals surface area (Å²) in [4.78, 5) is 1.11. The standard InChI is InChI=1S/C11H16S.C2H6/c1-4-9-5-6-11(12)10(7-9)8(2)3;1-2/h5-8,12H,4H2,1-3H3;1-2H3. The van der Waals surface area contributed by atoms with Gasteiger partial charge in [-0.1, -0.05) is 46.8 Å². The topological polar surface area (TPSA) is 0 Å². The van der Waals surface area contributed by atoms with Crippen LogP contribution in [0.3, 0.4) is 0 Å². The highest BCUT2D eigenvalue weighted by Gasteiger charge is 2.03. The van der Waals surface area contributed by atoms with E-state index in [1.807, 2.05) is 13.8 Å². The van der Waals surface area contributed by atoms with Crippen molar-refractivity contribution in [3.63, 3.8) is 0 Å². The van der Waals surface area contributed by atoms with Crippen LogP contribution in [0.4, 0.5) is 0 Å². The Kier molecular flexibility index (Phi) is 6.73. The van der Waals surface area contributed by atoms with Crippen LogP contribution in [-0.4, -0.2) is 0 Å². The molecule has 0 aliphatic heterocycles. The fraction of sp³-hybridized carbons (Fsp3) is 0.538. The average molecular weight is 210 g/mol. The van der Waals surface area contributed by atoms with Crippen LogP contribution in [0.2, 0.25) is 0 Å². The molecule has 1 heteroatoms. The number of aryl methyl sites for hydroxylation is 1. The molecule has 0 aliphatic carbocycles. The fourth-order valence-electron chi connectivity index (χ4n) is 1.29. The van der Waals surface area contributed by atoms with Gasteiger partial charge in [0.1, 0.15) is 0 Å². The van der Waals surface area contributed by atoms with Crippen LogP contribution in [0.25, 0.3) is 0 Å². The Morgan fingerprint density at radius 2 is 1.79 bits per heavy atom. The maximum absolute atomic E-state index is 4.42. The summed E-state index contributed by atoms with van der Waals surface area (Å²) in [5.74, 6) is 0.573. The van der Waals surface area contributed by atoms with E-state index in [2.05, 4.69) is 51.6 Å². The first-order chi connectivity index (χ1) is 6.65. The highest BCUT2D eigenvalue weighted by Crippen LogP contribution is 2.23. The molecule has 0 saturated carbocycles. The van der Waals surface area contributed by atoms with E-state index in [0.717, 1.165) is 11.3 Å². The second-order valence-corrected chi connectivity index (χ2v) is 3.88. The number of benzene rings is 1. The summed E-state index contributed by atoms with van der Waals surface area (Å²) in [7, 11) is 0. The van der Waals surface area contributed by atoms with Crippen molar-refractivity contribution in [3.8, 4) is 0 Å². The predicted molar refractivity (Wildman–Crippen MR) is 68.5 cm³/mol. The SMILES string of the molecule is CC.CCc1ccc(S)c(C(C)C)c1. The zero-order valence-electron chi connectivity index (χ0n) is 9.96. The van der Waals surface area contributed by atoms with Crippen LogP contribution in [0, 0.1) is 0 Å². The van der Waals surface area contributed by atoms with Crippen LogP contribution in [0.15, 0.2) is 23.1 Å². The molecule has 0 bridgehead atoms. The van der Waals surface area contributed by atoms with E-state index in [4.69, 9.17) is 0 Å². The van der Waals surface area contributed by atoms with Crippen LogP contribution in [-0.2, 0) is 6.42 Å². The van der Waals surface area contributed by atoms with E-state index in [-0.39, 0.29) is 0 Å². The van der Waals surface area contributed by atoms with Crippen LogP contribution in [0.5, 0.6) is 0 Å². The van der Waals surface area contributed by atoms with Crippen molar-refractivity contribution >= 4 is 12.6 Å². The number of rotatable bonds is 2. The molecule has 0 N–H and O–H groups in total. The molecule has 0 aliphatic rings. The second kappa shape index (κ2) is 6.94. The summed E-state index contributed by atoms with van der Waals surface area (Å²) >= 11 is 4.42. The van der Waals surface area contributed by atoms with E-state index in [1.54, 1.807) is 0 Å². The Labute approximate surface area is 94.1 Å². The van der Waals surface area contributed by atoms with Gasteiger partial charge in [-0.25, -0.2) is 0 Å². The smallest absolute Gasteiger partial charge is 0.00748 e. The summed E-state index contributed by atoms with van der Waals surface area (Å²) < 4.78 is 0. The predicted octanol–water partition coefficient (Wildman–Crippen LogP) is 4.69. The van der Waals surface area contributed by atoms with E-state index in [0.29, 0.717) is 5.92 Å². The first-order valence-electron chi connectivity index (χ1n) is 5.47. The van der Waals surface area contributed by atoms with Crippen molar-refractivity contribution < 1.29 is 0 Å². The van der Waals surface area contributed by atoms with Gasteiger partial charge in [-0.05, 0) is 29.5 Å². The van der Waals surface area contributed by atoms with Crippen molar-refractivity contribution in [3.05, 3.63) is 29.3 Å². The van der Waals surface area contributed by atoms with Gasteiger partial charge in [-0.15, -0.1) is 12.6 Å². The molecule has 0 atom stereocenters. The molecule has 0 radical (unpaired) electrons. The lowest BCUT2D eigenvalue weighted by atomic mass is 10.00. The molecule has 0 aromatic heterocycles. The van der Waals surface area contributed by atoms with E-state index >= 15 is 0 Å². The molecular weight excluding hydrogens is 188 g/mol. The average Bonchev–Trinajstić information content (AvgIpc) is 2.21. The molecule has 80 valence electrons. The van der Waals surface area contributed by atoms with Gasteiger partial charge in [0.15, 0.2) is 0 Å². The minimum atomic E-state index is 0.573. The molecule has 0 nitrogen and oxygen atoms in total. The lowest BCUT2D eigenvalue weighted by Crippen LogP contribution is -1.91. The number of hydrogen-bond acceptors (Lipinski definition) is 1. The highest BCUT2D eigenvalue weighted by molar-refractivity contribution is 7.80. The lowest BCUT2D eigenvalue weighted by molar-refractivity contribution is 0.838. The van der Waals surface area contributed by atoms with Gasteiger partial charge in [-0.2, -0.15) is 0 Å². The Hall–Kier alpha value is -0.430. The van der Waals surface area contributed by atoms with E-state index < -0.39 is 0 Å². The summed E-state index contributed by atoms with van der Waals surface area (Å²) in [5, 5.41) is 0. The largest absolute Gasteiger partial charge is 0.143 e. The zero-order valence-corrected chi connectivity index (χ0v) is 10.9. The van der Waals surface area contributed by atoms with Crippen molar-refractivity contribution in [2.24, 2.45) is 0 Å².